The van der Waals surface area contributed by atoms with Crippen molar-refractivity contribution in [2.24, 2.45) is 5.92 Å². The molecule has 2 atom stereocenters. The van der Waals surface area contributed by atoms with Crippen LogP contribution in [-0.2, 0) is 15.8 Å². The molecule has 6 nitrogen and oxygen atoms in total. The van der Waals surface area contributed by atoms with Gasteiger partial charge in [-0.3, -0.25) is 14.6 Å². The lowest BCUT2D eigenvalue weighted by Crippen LogP contribution is -2.33. The molecular weight excluding hydrogens is 368 g/mol. The minimum atomic E-state index is -4.48. The molecule has 0 radical (unpaired) electrons. The number of hydrogen-bond acceptors (Lipinski definition) is 4. The molecule has 1 aromatic carbocycles. The molecule has 0 spiro atoms. The number of aromatic nitrogens is 2. The summed E-state index contributed by atoms with van der Waals surface area (Å²) >= 11 is 0. The zero-order valence-electron chi connectivity index (χ0n) is 14.0. The predicted octanol–water partition coefficient (Wildman–Crippen LogP) is 2.45. The number of carbonyl (C=O) groups is 2. The second-order valence-electron chi connectivity index (χ2n) is 6.14. The summed E-state index contributed by atoms with van der Waals surface area (Å²) in [6, 6.07) is 4.32. The third kappa shape index (κ3) is 3.88. The molecule has 0 unspecified atom stereocenters. The van der Waals surface area contributed by atoms with E-state index in [4.69, 9.17) is 0 Å². The Morgan fingerprint density at radius 1 is 1.22 bits per heavy atom. The van der Waals surface area contributed by atoms with E-state index in [0.29, 0.717) is 5.56 Å². The summed E-state index contributed by atoms with van der Waals surface area (Å²) in [6.07, 6.45) is -2.50. The molecule has 27 heavy (non-hydrogen) atoms. The van der Waals surface area contributed by atoms with Crippen LogP contribution in [0.15, 0.2) is 36.7 Å². The molecule has 142 valence electrons. The van der Waals surface area contributed by atoms with Crippen LogP contribution < -0.4 is 5.32 Å². The van der Waals surface area contributed by atoms with Gasteiger partial charge in [0.05, 0.1) is 18.0 Å². The molecule has 0 aliphatic carbocycles. The minimum Gasteiger partial charge on any atom is -0.344 e. The second-order valence-corrected chi connectivity index (χ2v) is 6.14. The van der Waals surface area contributed by atoms with Gasteiger partial charge in [0.1, 0.15) is 5.92 Å². The van der Waals surface area contributed by atoms with Crippen molar-refractivity contribution in [2.75, 3.05) is 18.9 Å². The van der Waals surface area contributed by atoms with Crippen molar-refractivity contribution in [1.82, 2.24) is 14.9 Å². The number of nitrogens with one attached hydrogen (secondary N) is 1. The maximum absolute atomic E-state index is 13.1. The van der Waals surface area contributed by atoms with Gasteiger partial charge in [0.25, 0.3) is 0 Å². The molecule has 2 heterocycles. The number of anilines is 1. The van der Waals surface area contributed by atoms with E-state index in [1.54, 1.807) is 0 Å². The minimum absolute atomic E-state index is 0.159. The van der Waals surface area contributed by atoms with E-state index >= 15 is 0 Å². The third-order valence-corrected chi connectivity index (χ3v) is 4.32. The van der Waals surface area contributed by atoms with Crippen LogP contribution in [0.25, 0.3) is 0 Å². The van der Waals surface area contributed by atoms with Crippen molar-refractivity contribution in [3.05, 3.63) is 53.7 Å². The molecule has 1 aromatic heterocycles. The van der Waals surface area contributed by atoms with Gasteiger partial charge in [0, 0.05) is 19.5 Å². The van der Waals surface area contributed by atoms with E-state index in [-0.39, 0.29) is 12.4 Å². The quantitative estimate of drug-likeness (QED) is 0.654. The van der Waals surface area contributed by atoms with Gasteiger partial charge in [0.15, 0.2) is 5.82 Å². The first kappa shape index (κ1) is 18.7. The Balaban J connectivity index is 1.85. The first-order valence-corrected chi connectivity index (χ1v) is 7.87. The topological polar surface area (TPSA) is 75.2 Å². The number of halogens is 4. The lowest BCUT2D eigenvalue weighted by molar-refractivity contribution is -0.138. The summed E-state index contributed by atoms with van der Waals surface area (Å²) in [7, 11) is 1.49. The molecule has 1 N–H and O–H groups in total. The molecule has 0 bridgehead atoms. The van der Waals surface area contributed by atoms with Crippen LogP contribution in [0.2, 0.25) is 0 Å². The average Bonchev–Trinajstić information content (AvgIpc) is 2.89. The van der Waals surface area contributed by atoms with Crippen molar-refractivity contribution < 1.29 is 27.2 Å². The Bertz CT molecular complexity index is 870. The normalized spacial score (nSPS) is 20.0. The largest absolute Gasteiger partial charge is 0.416 e. The highest BCUT2D eigenvalue weighted by Crippen LogP contribution is 2.36. The van der Waals surface area contributed by atoms with Gasteiger partial charge in [-0.2, -0.15) is 22.5 Å². The Labute approximate surface area is 151 Å². The van der Waals surface area contributed by atoms with Crippen LogP contribution >= 0.6 is 0 Å². The van der Waals surface area contributed by atoms with Crippen LogP contribution in [-0.4, -0.2) is 40.3 Å². The van der Waals surface area contributed by atoms with E-state index in [0.717, 1.165) is 24.5 Å². The van der Waals surface area contributed by atoms with Crippen molar-refractivity contribution in [3.63, 3.8) is 0 Å². The van der Waals surface area contributed by atoms with Crippen LogP contribution in [0.3, 0.4) is 0 Å². The first-order chi connectivity index (χ1) is 12.7. The smallest absolute Gasteiger partial charge is 0.344 e. The average molecular weight is 382 g/mol. The van der Waals surface area contributed by atoms with Crippen molar-refractivity contribution >= 4 is 17.6 Å². The van der Waals surface area contributed by atoms with Gasteiger partial charge in [0.2, 0.25) is 17.8 Å². The number of benzene rings is 1. The number of amides is 2. The maximum atomic E-state index is 13.1. The predicted molar refractivity (Wildman–Crippen MR) is 85.9 cm³/mol. The highest BCUT2D eigenvalue weighted by molar-refractivity contribution is 6.08. The van der Waals surface area contributed by atoms with Crippen LogP contribution in [0.1, 0.15) is 17.0 Å². The van der Waals surface area contributed by atoms with Gasteiger partial charge in [-0.25, -0.2) is 0 Å². The fourth-order valence-electron chi connectivity index (χ4n) is 3.02. The second kappa shape index (κ2) is 6.93. The third-order valence-electron chi connectivity index (χ3n) is 4.32. The maximum Gasteiger partial charge on any atom is 0.416 e. The number of nitrogens with zero attached hydrogens (tertiary/aromatic N) is 3. The number of alkyl halides is 3. The molecule has 1 aliphatic rings. The van der Waals surface area contributed by atoms with Gasteiger partial charge >= 0.3 is 6.18 Å². The number of rotatable bonds is 3. The summed E-state index contributed by atoms with van der Waals surface area (Å²) in [4.78, 5) is 33.3. The van der Waals surface area contributed by atoms with E-state index < -0.39 is 41.3 Å². The molecule has 2 amide bonds. The van der Waals surface area contributed by atoms with E-state index in [1.807, 2.05) is 0 Å². The molecule has 3 rings (SSSR count). The van der Waals surface area contributed by atoms with Gasteiger partial charge in [-0.05, 0) is 17.7 Å². The van der Waals surface area contributed by atoms with Gasteiger partial charge < -0.3 is 10.2 Å². The van der Waals surface area contributed by atoms with Crippen molar-refractivity contribution in [1.29, 1.82) is 0 Å². The van der Waals surface area contributed by atoms with Crippen molar-refractivity contribution in [3.8, 4) is 0 Å². The Kier molecular flexibility index (Phi) is 4.81. The fourth-order valence-corrected chi connectivity index (χ4v) is 3.02. The highest BCUT2D eigenvalue weighted by Gasteiger charge is 2.44. The molecule has 2 aromatic rings. The molecule has 1 fully saturated rings. The zero-order chi connectivity index (χ0) is 19.8. The molecule has 1 aliphatic heterocycles. The van der Waals surface area contributed by atoms with E-state index in [9.17, 15) is 27.2 Å². The van der Waals surface area contributed by atoms with Crippen LogP contribution in [0, 0.1) is 11.9 Å². The Morgan fingerprint density at radius 2 is 1.89 bits per heavy atom. The Hall–Kier alpha value is -3.04. The SMILES string of the molecule is CN1C[C@@H](c2ccc(C(F)(F)F)cc2)[C@H](C(=O)Nc2cncc(F)n2)C1=O. The van der Waals surface area contributed by atoms with E-state index in [1.165, 1.54) is 24.1 Å². The molecule has 0 saturated carbocycles. The molecule has 1 saturated heterocycles. The van der Waals surface area contributed by atoms with Crippen LogP contribution in [0.4, 0.5) is 23.4 Å². The highest BCUT2D eigenvalue weighted by atomic mass is 19.4. The van der Waals surface area contributed by atoms with Crippen LogP contribution in [0.5, 0.6) is 0 Å². The number of hydrogen-bond donors (Lipinski definition) is 1. The van der Waals surface area contributed by atoms with Crippen molar-refractivity contribution in [2.45, 2.75) is 12.1 Å². The lowest BCUT2D eigenvalue weighted by atomic mass is 9.87. The summed E-state index contributed by atoms with van der Waals surface area (Å²) in [6.45, 7) is 0.164. The summed E-state index contributed by atoms with van der Waals surface area (Å²) < 4.78 is 51.3. The molecular formula is C17H14F4N4O2. The monoisotopic (exact) mass is 382 g/mol. The number of likely N-dealkylation sites (N-methyl/N-ethyl adjacent to an activating group) is 1. The fraction of sp³-hybridized carbons (Fsp3) is 0.294. The first-order valence-electron chi connectivity index (χ1n) is 7.87. The summed E-state index contributed by atoms with van der Waals surface area (Å²) in [5, 5.41) is 2.33. The standard InChI is InChI=1S/C17H14F4N4O2/c1-25-8-11(9-2-4-10(5-3-9)17(19,20)21)14(16(25)27)15(26)24-13-7-22-6-12(18)23-13/h2-7,11,14H,8H2,1H3,(H,23,24,26)/t11-,14+/m0/s1. The summed E-state index contributed by atoms with van der Waals surface area (Å²) in [5.74, 6) is -4.09. The van der Waals surface area contributed by atoms with E-state index in [2.05, 4.69) is 15.3 Å². The number of carbonyl (C=O) groups excluding carboxylic acids is 2. The number of likely N-dealkylation sites (tertiary alicyclic amines) is 1. The Morgan fingerprint density at radius 3 is 2.48 bits per heavy atom. The summed E-state index contributed by atoms with van der Waals surface area (Å²) in [5.41, 5.74) is -0.397. The molecule has 10 heteroatoms. The lowest BCUT2D eigenvalue weighted by Gasteiger charge is -2.17. The van der Waals surface area contributed by atoms with Gasteiger partial charge in [-0.1, -0.05) is 12.1 Å². The zero-order valence-corrected chi connectivity index (χ0v) is 14.0. The van der Waals surface area contributed by atoms with Gasteiger partial charge in [-0.15, -0.1) is 0 Å².